The van der Waals surface area contributed by atoms with Crippen LogP contribution in [-0.2, 0) is 16.5 Å². The molecule has 0 saturated heterocycles. The molecule has 1 heterocycles. The molecule has 0 radical (unpaired) electrons. The quantitative estimate of drug-likeness (QED) is 0.549. The zero-order valence-electron chi connectivity index (χ0n) is 13.8. The smallest absolute Gasteiger partial charge is 0.280 e. The molecule has 0 atom stereocenters. The van der Waals surface area contributed by atoms with E-state index in [0.29, 0.717) is 17.6 Å². The first kappa shape index (κ1) is 18.7. The molecular weight excluding hydrogens is 348 g/mol. The Kier molecular flexibility index (Phi) is 5.58. The van der Waals surface area contributed by atoms with Gasteiger partial charge in [0.2, 0.25) is 0 Å². The van der Waals surface area contributed by atoms with Crippen molar-refractivity contribution in [2.24, 2.45) is 0 Å². The lowest BCUT2D eigenvalue weighted by Gasteiger charge is -2.14. The van der Waals surface area contributed by atoms with Gasteiger partial charge in [-0.25, -0.2) is 0 Å². The summed E-state index contributed by atoms with van der Waals surface area (Å²) in [5, 5.41) is 11.4. The van der Waals surface area contributed by atoms with Gasteiger partial charge in [-0.15, -0.1) is 4.73 Å². The Labute approximate surface area is 144 Å². The van der Waals surface area contributed by atoms with Crippen LogP contribution in [-0.4, -0.2) is 18.1 Å². The Hall–Kier alpha value is -2.68. The summed E-state index contributed by atoms with van der Waals surface area (Å²) in [6, 6.07) is 8.27. The van der Waals surface area contributed by atoms with E-state index in [0.717, 1.165) is 6.07 Å². The van der Waals surface area contributed by atoms with Gasteiger partial charge in [-0.2, -0.15) is 8.42 Å². The van der Waals surface area contributed by atoms with Crippen molar-refractivity contribution in [2.45, 2.75) is 38.0 Å². The fourth-order valence-electron chi connectivity index (χ4n) is 2.39. The summed E-state index contributed by atoms with van der Waals surface area (Å²) in [5.74, 6) is 0. The van der Waals surface area contributed by atoms with Crippen molar-refractivity contribution in [1.29, 1.82) is 0 Å². The van der Waals surface area contributed by atoms with Crippen LogP contribution >= 0.6 is 0 Å². The van der Waals surface area contributed by atoms with Gasteiger partial charge in [0, 0.05) is 11.6 Å². The van der Waals surface area contributed by atoms with Crippen LogP contribution in [0.1, 0.15) is 31.0 Å². The first-order valence-electron chi connectivity index (χ1n) is 7.68. The normalized spacial score (nSPS) is 11.3. The number of nitro groups is 1. The van der Waals surface area contributed by atoms with Crippen LogP contribution in [0.4, 0.5) is 5.69 Å². The van der Waals surface area contributed by atoms with Gasteiger partial charge in [0.05, 0.1) is 4.92 Å². The first-order valence-corrected chi connectivity index (χ1v) is 9.08. The van der Waals surface area contributed by atoms with E-state index in [1.807, 2.05) is 6.92 Å². The van der Waals surface area contributed by atoms with Crippen molar-refractivity contribution in [3.05, 3.63) is 68.1 Å². The highest BCUT2D eigenvalue weighted by Crippen LogP contribution is 2.23. The van der Waals surface area contributed by atoms with Crippen LogP contribution < -0.4 is 9.84 Å². The van der Waals surface area contributed by atoms with Crippen molar-refractivity contribution >= 4 is 15.8 Å². The number of pyridine rings is 1. The lowest BCUT2D eigenvalue weighted by Crippen LogP contribution is -2.34. The number of aryl methyl sites for hydroxylation is 1. The first-order chi connectivity index (χ1) is 11.8. The number of hydrogen-bond acceptors (Lipinski definition) is 6. The molecule has 9 heteroatoms. The second kappa shape index (κ2) is 7.47. The fraction of sp³-hybridized carbons (Fsp3) is 0.312. The number of hydrogen-bond donors (Lipinski definition) is 0. The lowest BCUT2D eigenvalue weighted by atomic mass is 10.1. The molecule has 0 aliphatic carbocycles. The van der Waals surface area contributed by atoms with Crippen LogP contribution in [0.2, 0.25) is 0 Å². The summed E-state index contributed by atoms with van der Waals surface area (Å²) in [6.45, 7) is 3.32. The van der Waals surface area contributed by atoms with E-state index in [4.69, 9.17) is 4.28 Å². The van der Waals surface area contributed by atoms with Crippen molar-refractivity contribution in [3.8, 4) is 0 Å². The van der Waals surface area contributed by atoms with Gasteiger partial charge in [0.25, 0.3) is 11.2 Å². The molecule has 8 nitrogen and oxygen atoms in total. The molecule has 2 rings (SSSR count). The predicted octanol–water partition coefficient (Wildman–Crippen LogP) is 2.23. The summed E-state index contributed by atoms with van der Waals surface area (Å²) in [5.41, 5.74) is -0.973. The second-order valence-corrected chi connectivity index (χ2v) is 6.99. The van der Waals surface area contributed by atoms with Crippen molar-refractivity contribution in [1.82, 2.24) is 4.73 Å². The van der Waals surface area contributed by atoms with Gasteiger partial charge in [-0.3, -0.25) is 19.2 Å². The Balaban J connectivity index is 2.62. The van der Waals surface area contributed by atoms with Crippen molar-refractivity contribution in [3.63, 3.8) is 0 Å². The molecule has 0 spiro atoms. The number of nitrogens with zero attached hydrogens (tertiary/aromatic N) is 2. The monoisotopic (exact) mass is 366 g/mol. The maximum absolute atomic E-state index is 12.4. The SMILES string of the molecule is CCCCc1c([N+](=O)[O-])c(C)cc(=O)n1OS(=O)(=O)c1ccccc1. The molecule has 1 aromatic carbocycles. The molecule has 0 saturated carbocycles. The molecule has 0 bridgehead atoms. The minimum Gasteiger partial charge on any atom is -0.280 e. The highest BCUT2D eigenvalue weighted by atomic mass is 32.2. The molecule has 0 aliphatic rings. The minimum atomic E-state index is -4.30. The largest absolute Gasteiger partial charge is 0.357 e. The van der Waals surface area contributed by atoms with Gasteiger partial charge in [0.1, 0.15) is 10.6 Å². The number of aromatic nitrogens is 1. The Bertz CT molecular complexity index is 935. The summed E-state index contributed by atoms with van der Waals surface area (Å²) >= 11 is 0. The van der Waals surface area contributed by atoms with E-state index < -0.39 is 20.6 Å². The highest BCUT2D eigenvalue weighted by Gasteiger charge is 2.27. The Morgan fingerprint density at radius 3 is 2.44 bits per heavy atom. The standard InChI is InChI=1S/C16H18N2O6S/c1-3-4-10-14-16(18(20)21)12(2)11-15(19)17(14)24-25(22,23)13-8-6-5-7-9-13/h5-9,11H,3-4,10H2,1-2H3. The lowest BCUT2D eigenvalue weighted by molar-refractivity contribution is -0.387. The van der Waals surface area contributed by atoms with Crippen LogP contribution in [0.25, 0.3) is 0 Å². The third kappa shape index (κ3) is 4.05. The average molecular weight is 366 g/mol. The molecule has 1 aromatic heterocycles. The summed E-state index contributed by atoms with van der Waals surface area (Å²) < 4.78 is 30.3. The predicted molar refractivity (Wildman–Crippen MR) is 90.9 cm³/mol. The molecule has 0 N–H and O–H groups in total. The number of benzene rings is 1. The van der Waals surface area contributed by atoms with Gasteiger partial charge in [0.15, 0.2) is 0 Å². The molecule has 0 amide bonds. The third-order valence-corrected chi connectivity index (χ3v) is 4.78. The summed E-state index contributed by atoms with van der Waals surface area (Å²) in [7, 11) is -4.30. The maximum atomic E-state index is 12.4. The fourth-order valence-corrected chi connectivity index (χ4v) is 3.33. The van der Waals surface area contributed by atoms with E-state index in [-0.39, 0.29) is 28.3 Å². The number of rotatable bonds is 7. The molecule has 25 heavy (non-hydrogen) atoms. The van der Waals surface area contributed by atoms with Gasteiger partial charge >= 0.3 is 10.1 Å². The zero-order valence-corrected chi connectivity index (χ0v) is 14.7. The average Bonchev–Trinajstić information content (AvgIpc) is 2.56. The van der Waals surface area contributed by atoms with Crippen LogP contribution in [0.3, 0.4) is 0 Å². The molecule has 0 fully saturated rings. The van der Waals surface area contributed by atoms with Gasteiger partial charge < -0.3 is 0 Å². The molecule has 2 aromatic rings. The van der Waals surface area contributed by atoms with Crippen LogP contribution in [0, 0.1) is 17.0 Å². The van der Waals surface area contributed by atoms with Gasteiger partial charge in [-0.05, 0) is 31.9 Å². The molecule has 134 valence electrons. The van der Waals surface area contributed by atoms with E-state index in [1.54, 1.807) is 6.07 Å². The van der Waals surface area contributed by atoms with E-state index in [9.17, 15) is 23.3 Å². The van der Waals surface area contributed by atoms with Crippen LogP contribution in [0.5, 0.6) is 0 Å². The minimum absolute atomic E-state index is 0.0589. The topological polar surface area (TPSA) is 109 Å². The molecule has 0 aliphatic heterocycles. The molecular formula is C16H18N2O6S. The van der Waals surface area contributed by atoms with E-state index in [2.05, 4.69) is 0 Å². The zero-order chi connectivity index (χ0) is 18.6. The Morgan fingerprint density at radius 2 is 1.88 bits per heavy atom. The summed E-state index contributed by atoms with van der Waals surface area (Å²) in [6.07, 6.45) is 1.40. The summed E-state index contributed by atoms with van der Waals surface area (Å²) in [4.78, 5) is 22.9. The molecule has 0 unspecified atom stereocenters. The Morgan fingerprint density at radius 1 is 1.24 bits per heavy atom. The van der Waals surface area contributed by atoms with Crippen LogP contribution in [0.15, 0.2) is 46.1 Å². The maximum Gasteiger partial charge on any atom is 0.357 e. The van der Waals surface area contributed by atoms with E-state index >= 15 is 0 Å². The third-order valence-electron chi connectivity index (χ3n) is 3.59. The van der Waals surface area contributed by atoms with Crippen molar-refractivity contribution in [2.75, 3.05) is 0 Å². The highest BCUT2D eigenvalue weighted by molar-refractivity contribution is 7.87. The second-order valence-electron chi connectivity index (χ2n) is 5.46. The number of unbranched alkanes of at least 4 members (excludes halogenated alkanes) is 1. The van der Waals surface area contributed by atoms with Gasteiger partial charge in [-0.1, -0.05) is 31.5 Å². The van der Waals surface area contributed by atoms with E-state index in [1.165, 1.54) is 31.2 Å². The van der Waals surface area contributed by atoms with Crippen molar-refractivity contribution < 1.29 is 17.6 Å².